The molecule has 2 amide bonds. The maximum absolute atomic E-state index is 13.3. The minimum absolute atomic E-state index is 0.00685. The predicted octanol–water partition coefficient (Wildman–Crippen LogP) is 1.16. The molecule has 4 atom stereocenters. The van der Waals surface area contributed by atoms with Crippen molar-refractivity contribution in [3.63, 3.8) is 0 Å². The van der Waals surface area contributed by atoms with Crippen molar-refractivity contribution in [2.24, 2.45) is 5.92 Å². The van der Waals surface area contributed by atoms with E-state index in [0.29, 0.717) is 44.8 Å². The van der Waals surface area contributed by atoms with Gasteiger partial charge in [-0.2, -0.15) is 13.2 Å². The first-order valence-electron chi connectivity index (χ1n) is 12.2. The SMILES string of the molecule is C[C@@H](CO[C@H]1CCN(C2CCN(c3ncc(C(F)F)cn3)CC2)C1=O)NC1CNNC(=O)C1C(F)(F)F. The largest absolute Gasteiger partial charge is 0.402 e. The predicted molar refractivity (Wildman–Crippen MR) is 120 cm³/mol. The third-order valence-corrected chi connectivity index (χ3v) is 6.91. The van der Waals surface area contributed by atoms with E-state index in [4.69, 9.17) is 4.74 Å². The van der Waals surface area contributed by atoms with Crippen LogP contribution in [0.4, 0.5) is 27.9 Å². The Morgan fingerprint density at radius 3 is 2.43 bits per heavy atom. The molecular formula is C22H30F5N7O3. The molecule has 3 fully saturated rings. The number of amides is 2. The van der Waals surface area contributed by atoms with Gasteiger partial charge in [-0.3, -0.25) is 15.0 Å². The second-order valence-electron chi connectivity index (χ2n) is 9.54. The van der Waals surface area contributed by atoms with Crippen LogP contribution in [0.3, 0.4) is 0 Å². The number of hydrazine groups is 1. The summed E-state index contributed by atoms with van der Waals surface area (Å²) in [5.74, 6) is -3.11. The molecule has 0 aromatic carbocycles. The van der Waals surface area contributed by atoms with E-state index < -0.39 is 42.6 Å². The monoisotopic (exact) mass is 535 g/mol. The Bertz CT molecular complexity index is 944. The second kappa shape index (κ2) is 11.4. The number of halogens is 5. The van der Waals surface area contributed by atoms with Crippen LogP contribution in [-0.4, -0.2) is 89.9 Å². The standard InChI is InChI=1S/C22H30F5N7O3/c1-12(31-15-10-30-32-19(35)17(15)22(25,26)27)11-37-16-4-7-34(20(16)36)14-2-5-33(6-3-14)21-28-8-13(9-29-21)18(23)24/h8-9,12,14-18,30-31H,2-7,10-11H2,1H3,(H,32,35)/t12-,15?,16-,17?/m0/s1. The van der Waals surface area contributed by atoms with E-state index in [1.807, 2.05) is 10.3 Å². The number of hydrogen-bond donors (Lipinski definition) is 3. The Morgan fingerprint density at radius 2 is 1.81 bits per heavy atom. The van der Waals surface area contributed by atoms with Crippen molar-refractivity contribution in [1.29, 1.82) is 0 Å². The zero-order valence-electron chi connectivity index (χ0n) is 20.2. The first-order chi connectivity index (χ1) is 17.5. The highest BCUT2D eigenvalue weighted by Crippen LogP contribution is 2.30. The number of likely N-dealkylation sites (tertiary alicyclic amines) is 1. The van der Waals surface area contributed by atoms with Crippen molar-refractivity contribution < 1.29 is 36.3 Å². The van der Waals surface area contributed by atoms with E-state index in [2.05, 4.69) is 20.7 Å². The molecule has 3 aliphatic rings. The summed E-state index contributed by atoms with van der Waals surface area (Å²) in [4.78, 5) is 36.4. The van der Waals surface area contributed by atoms with Crippen LogP contribution in [0.2, 0.25) is 0 Å². The third-order valence-electron chi connectivity index (χ3n) is 6.91. The zero-order chi connectivity index (χ0) is 26.7. The number of anilines is 1. The van der Waals surface area contributed by atoms with Crippen LogP contribution in [0.5, 0.6) is 0 Å². The molecule has 0 spiro atoms. The maximum atomic E-state index is 13.3. The molecule has 206 valence electrons. The summed E-state index contributed by atoms with van der Waals surface area (Å²) in [6.07, 6.45) is -3.98. The minimum atomic E-state index is -4.69. The van der Waals surface area contributed by atoms with Gasteiger partial charge in [-0.1, -0.05) is 0 Å². The lowest BCUT2D eigenvalue weighted by atomic mass is 9.96. The van der Waals surface area contributed by atoms with Gasteiger partial charge in [0.15, 0.2) is 5.92 Å². The number of carbonyl (C=O) groups is 2. The number of ether oxygens (including phenoxy) is 1. The molecule has 4 heterocycles. The normalized spacial score (nSPS) is 26.6. The van der Waals surface area contributed by atoms with Gasteiger partial charge in [-0.05, 0) is 19.8 Å². The van der Waals surface area contributed by atoms with E-state index in [9.17, 15) is 31.5 Å². The van der Waals surface area contributed by atoms with Crippen molar-refractivity contribution in [3.05, 3.63) is 18.0 Å². The Balaban J connectivity index is 1.23. The summed E-state index contributed by atoms with van der Waals surface area (Å²) in [6.45, 7) is 3.20. The fourth-order valence-electron chi connectivity index (χ4n) is 5.01. The summed E-state index contributed by atoms with van der Waals surface area (Å²) < 4.78 is 71.1. The summed E-state index contributed by atoms with van der Waals surface area (Å²) >= 11 is 0. The lowest BCUT2D eigenvalue weighted by Gasteiger charge is -2.36. The highest BCUT2D eigenvalue weighted by molar-refractivity contribution is 5.83. The van der Waals surface area contributed by atoms with Crippen LogP contribution in [-0.2, 0) is 14.3 Å². The average Bonchev–Trinajstić information content (AvgIpc) is 3.22. The maximum Gasteiger partial charge on any atom is 0.402 e. The molecule has 3 N–H and O–H groups in total. The Morgan fingerprint density at radius 1 is 1.14 bits per heavy atom. The molecule has 37 heavy (non-hydrogen) atoms. The summed E-state index contributed by atoms with van der Waals surface area (Å²) in [7, 11) is 0. The first-order valence-corrected chi connectivity index (χ1v) is 12.2. The van der Waals surface area contributed by atoms with E-state index in [1.54, 1.807) is 11.8 Å². The number of piperidine rings is 1. The summed E-state index contributed by atoms with van der Waals surface area (Å²) in [6, 6.07) is -1.69. The van der Waals surface area contributed by atoms with E-state index >= 15 is 0 Å². The minimum Gasteiger partial charge on any atom is -0.367 e. The molecule has 0 radical (unpaired) electrons. The smallest absolute Gasteiger partial charge is 0.367 e. The molecule has 4 rings (SSSR count). The van der Waals surface area contributed by atoms with Gasteiger partial charge in [-0.25, -0.2) is 24.2 Å². The lowest BCUT2D eigenvalue weighted by Crippen LogP contribution is -2.65. The van der Waals surface area contributed by atoms with Crippen LogP contribution < -0.4 is 21.1 Å². The van der Waals surface area contributed by atoms with Crippen LogP contribution in [0.1, 0.15) is 38.2 Å². The zero-order valence-corrected chi connectivity index (χ0v) is 20.2. The van der Waals surface area contributed by atoms with Gasteiger partial charge in [0.05, 0.1) is 12.2 Å². The molecule has 0 bridgehead atoms. The van der Waals surface area contributed by atoms with Crippen LogP contribution in [0.25, 0.3) is 0 Å². The van der Waals surface area contributed by atoms with Gasteiger partial charge in [-0.15, -0.1) is 0 Å². The van der Waals surface area contributed by atoms with Crippen molar-refractivity contribution in [2.75, 3.05) is 37.7 Å². The summed E-state index contributed by atoms with van der Waals surface area (Å²) in [5.41, 5.74) is 4.23. The number of rotatable bonds is 8. The van der Waals surface area contributed by atoms with Crippen molar-refractivity contribution >= 4 is 17.8 Å². The molecular weight excluding hydrogens is 505 g/mol. The molecule has 0 saturated carbocycles. The van der Waals surface area contributed by atoms with Gasteiger partial charge < -0.3 is 19.9 Å². The Kier molecular flexibility index (Phi) is 8.43. The van der Waals surface area contributed by atoms with E-state index in [1.165, 1.54) is 0 Å². The molecule has 1 aromatic heterocycles. The summed E-state index contributed by atoms with van der Waals surface area (Å²) in [5, 5.41) is 2.80. The van der Waals surface area contributed by atoms with Gasteiger partial charge in [0.25, 0.3) is 12.3 Å². The molecule has 3 saturated heterocycles. The number of nitrogens with zero attached hydrogens (tertiary/aromatic N) is 4. The van der Waals surface area contributed by atoms with Crippen LogP contribution in [0, 0.1) is 5.92 Å². The number of alkyl halides is 5. The number of hydrogen-bond acceptors (Lipinski definition) is 8. The highest BCUT2D eigenvalue weighted by atomic mass is 19.4. The highest BCUT2D eigenvalue weighted by Gasteiger charge is 2.51. The van der Waals surface area contributed by atoms with Gasteiger partial charge in [0.1, 0.15) is 6.10 Å². The first kappa shape index (κ1) is 27.4. The lowest BCUT2D eigenvalue weighted by molar-refractivity contribution is -0.193. The number of carbonyl (C=O) groups excluding carboxylic acids is 2. The van der Waals surface area contributed by atoms with E-state index in [0.717, 1.165) is 12.4 Å². The number of nitrogens with one attached hydrogen (secondary N) is 3. The van der Waals surface area contributed by atoms with Gasteiger partial charge >= 0.3 is 6.18 Å². The van der Waals surface area contributed by atoms with E-state index in [-0.39, 0.29) is 30.7 Å². The molecule has 2 unspecified atom stereocenters. The van der Waals surface area contributed by atoms with Gasteiger partial charge in [0.2, 0.25) is 11.9 Å². The van der Waals surface area contributed by atoms with Crippen molar-refractivity contribution in [3.8, 4) is 0 Å². The third kappa shape index (κ3) is 6.44. The molecule has 1 aromatic rings. The van der Waals surface area contributed by atoms with Crippen molar-refractivity contribution in [1.82, 2.24) is 31.0 Å². The molecule has 0 aliphatic carbocycles. The molecule has 3 aliphatic heterocycles. The Hall–Kier alpha value is -2.65. The second-order valence-corrected chi connectivity index (χ2v) is 9.54. The molecule has 15 heteroatoms. The molecule has 10 nitrogen and oxygen atoms in total. The number of aromatic nitrogens is 2. The van der Waals surface area contributed by atoms with Crippen LogP contribution >= 0.6 is 0 Å². The van der Waals surface area contributed by atoms with Crippen molar-refractivity contribution in [2.45, 2.75) is 63.0 Å². The Labute approximate surface area is 210 Å². The van der Waals surface area contributed by atoms with Gasteiger partial charge in [0, 0.05) is 63.1 Å². The fraction of sp³-hybridized carbons (Fsp3) is 0.727. The average molecular weight is 536 g/mol. The quantitative estimate of drug-likeness (QED) is 0.426. The van der Waals surface area contributed by atoms with Crippen LogP contribution in [0.15, 0.2) is 12.4 Å². The fourth-order valence-corrected chi connectivity index (χ4v) is 5.01. The topological polar surface area (TPSA) is 112 Å².